The standard InChI is InChI=1S/C42H53N3O7/c1-24(2)36-35(22-46)52-45(37(36)41(48)44-33-20-29-19-32(25(33)3)42(29,4)5)21-27-13-10-14-30(38(27)49-6)28-17-31(39-34(18-28)50-23-51-39)40(47)43-16-15-26-11-8-7-9-12-26/h7-14,17-18,24-25,29,32-33,35-37,46H,15-16,19-23H2,1-6H3,(H,43,47)(H,44,48)/t25-,29+,32-,33-,35-,36-,37-/m0/s1. The van der Waals surface area contributed by atoms with Gasteiger partial charge in [-0.3, -0.25) is 14.4 Å². The average molecular weight is 712 g/mol. The molecule has 3 N–H and O–H groups in total. The van der Waals surface area contributed by atoms with Gasteiger partial charge in [0.25, 0.3) is 5.91 Å². The molecule has 3 aromatic rings. The van der Waals surface area contributed by atoms with Crippen molar-refractivity contribution in [1.82, 2.24) is 15.7 Å². The van der Waals surface area contributed by atoms with Crippen molar-refractivity contribution in [2.75, 3.05) is 27.1 Å². The molecule has 10 heteroatoms. The molecule has 2 heterocycles. The van der Waals surface area contributed by atoms with Crippen LogP contribution in [0.3, 0.4) is 0 Å². The summed E-state index contributed by atoms with van der Waals surface area (Å²) < 4.78 is 17.6. The Bertz CT molecular complexity index is 1780. The SMILES string of the molecule is COc1c(CN2O[C@@H](CO)[C@H](C(C)C)[C@H]2C(=O)N[C@H]2C[C@H]3C[C@@H]([C@@H]2C)C3(C)C)cccc1-c1cc2c(c(C(=O)NCCc3ccccc3)c1)OCO2. The third-order valence-corrected chi connectivity index (χ3v) is 12.5. The summed E-state index contributed by atoms with van der Waals surface area (Å²) in [4.78, 5) is 34.3. The van der Waals surface area contributed by atoms with Gasteiger partial charge in [-0.2, -0.15) is 5.06 Å². The topological polar surface area (TPSA) is 119 Å². The molecule has 2 amide bonds. The fraction of sp³-hybridized carbons (Fsp3) is 0.524. The number of carbonyl (C=O) groups is 2. The molecule has 7 atom stereocenters. The summed E-state index contributed by atoms with van der Waals surface area (Å²) in [6, 6.07) is 19.0. The Balaban J connectivity index is 1.14. The van der Waals surface area contributed by atoms with Crippen LogP contribution in [0.4, 0.5) is 0 Å². The number of amides is 2. The molecule has 5 aliphatic rings. The molecule has 3 saturated carbocycles. The van der Waals surface area contributed by atoms with Gasteiger partial charge in [0.2, 0.25) is 12.7 Å². The van der Waals surface area contributed by atoms with Gasteiger partial charge >= 0.3 is 0 Å². The van der Waals surface area contributed by atoms with E-state index in [0.29, 0.717) is 58.9 Å². The Kier molecular flexibility index (Phi) is 10.3. The summed E-state index contributed by atoms with van der Waals surface area (Å²) >= 11 is 0. The Morgan fingerprint density at radius 3 is 2.54 bits per heavy atom. The van der Waals surface area contributed by atoms with Gasteiger partial charge in [0, 0.05) is 29.6 Å². The normalized spacial score (nSPS) is 27.3. The largest absolute Gasteiger partial charge is 0.496 e. The van der Waals surface area contributed by atoms with Gasteiger partial charge in [0.15, 0.2) is 11.5 Å². The second-order valence-corrected chi connectivity index (χ2v) is 16.0. The Morgan fingerprint density at radius 2 is 1.85 bits per heavy atom. The number of para-hydroxylation sites is 1. The van der Waals surface area contributed by atoms with Crippen LogP contribution in [0.5, 0.6) is 17.2 Å². The predicted octanol–water partition coefficient (Wildman–Crippen LogP) is 6.00. The maximum atomic E-state index is 14.3. The summed E-state index contributed by atoms with van der Waals surface area (Å²) in [5.74, 6) is 2.68. The monoisotopic (exact) mass is 711 g/mol. The number of nitrogens with one attached hydrogen (secondary N) is 2. The van der Waals surface area contributed by atoms with Crippen molar-refractivity contribution in [2.45, 2.75) is 78.6 Å². The predicted molar refractivity (Wildman–Crippen MR) is 198 cm³/mol. The van der Waals surface area contributed by atoms with Crippen LogP contribution in [-0.2, 0) is 22.6 Å². The summed E-state index contributed by atoms with van der Waals surface area (Å²) in [7, 11) is 1.62. The molecule has 1 saturated heterocycles. The van der Waals surface area contributed by atoms with Crippen molar-refractivity contribution in [1.29, 1.82) is 0 Å². The molecule has 0 spiro atoms. The van der Waals surface area contributed by atoms with E-state index in [9.17, 15) is 14.7 Å². The van der Waals surface area contributed by atoms with Crippen molar-refractivity contribution in [3.63, 3.8) is 0 Å². The van der Waals surface area contributed by atoms with Crippen molar-refractivity contribution in [3.8, 4) is 28.4 Å². The Hall–Kier alpha value is -4.12. The zero-order valence-corrected chi connectivity index (χ0v) is 31.2. The minimum absolute atomic E-state index is 0.0256. The Labute approximate surface area is 307 Å². The molecule has 2 bridgehead atoms. The summed E-state index contributed by atoms with van der Waals surface area (Å²) in [5, 5.41) is 18.6. The smallest absolute Gasteiger partial charge is 0.255 e. The van der Waals surface area contributed by atoms with Crippen LogP contribution in [0.2, 0.25) is 0 Å². The van der Waals surface area contributed by atoms with Crippen molar-refractivity contribution in [3.05, 3.63) is 77.4 Å². The lowest BCUT2D eigenvalue weighted by molar-refractivity contribution is -0.183. The fourth-order valence-corrected chi connectivity index (χ4v) is 9.44. The lowest BCUT2D eigenvalue weighted by Crippen LogP contribution is -2.62. The van der Waals surface area contributed by atoms with Crippen molar-refractivity contribution in [2.24, 2.45) is 35.0 Å². The first-order chi connectivity index (χ1) is 25.0. The highest BCUT2D eigenvalue weighted by Gasteiger charge is 2.57. The van der Waals surface area contributed by atoms with E-state index in [0.717, 1.165) is 28.7 Å². The number of hydrogen-bond donors (Lipinski definition) is 3. The van der Waals surface area contributed by atoms with E-state index in [1.807, 2.05) is 60.7 Å². The lowest BCUT2D eigenvalue weighted by atomic mass is 9.45. The first-order valence-corrected chi connectivity index (χ1v) is 18.8. The van der Waals surface area contributed by atoms with Crippen molar-refractivity contribution < 1.29 is 33.7 Å². The van der Waals surface area contributed by atoms with E-state index in [1.54, 1.807) is 12.2 Å². The maximum absolute atomic E-state index is 14.3. The van der Waals surface area contributed by atoms with Crippen LogP contribution >= 0.6 is 0 Å². The van der Waals surface area contributed by atoms with Gasteiger partial charge in [-0.1, -0.05) is 83.1 Å². The summed E-state index contributed by atoms with van der Waals surface area (Å²) in [6.45, 7) is 11.7. The zero-order valence-electron chi connectivity index (χ0n) is 31.2. The number of methoxy groups -OCH3 is 1. The summed E-state index contributed by atoms with van der Waals surface area (Å²) in [5.41, 5.74) is 4.13. The number of fused-ring (bicyclic) bond motifs is 3. The number of ether oxygens (including phenoxy) is 3. The van der Waals surface area contributed by atoms with E-state index in [2.05, 4.69) is 45.3 Å². The number of benzene rings is 3. The second kappa shape index (κ2) is 14.7. The van der Waals surface area contributed by atoms with Gasteiger partial charge in [-0.15, -0.1) is 0 Å². The quantitative estimate of drug-likeness (QED) is 0.210. The van der Waals surface area contributed by atoms with Crippen LogP contribution in [0.15, 0.2) is 60.7 Å². The number of hydrogen-bond acceptors (Lipinski definition) is 8. The van der Waals surface area contributed by atoms with Crippen LogP contribution in [-0.4, -0.2) is 67.2 Å². The lowest BCUT2D eigenvalue weighted by Gasteiger charge is -2.62. The van der Waals surface area contributed by atoms with E-state index < -0.39 is 12.1 Å². The fourth-order valence-electron chi connectivity index (χ4n) is 9.44. The highest BCUT2D eigenvalue weighted by Crippen LogP contribution is 2.61. The molecule has 2 aliphatic heterocycles. The molecular formula is C42H53N3O7. The second-order valence-electron chi connectivity index (χ2n) is 16.0. The number of rotatable bonds is 12. The average Bonchev–Trinajstić information content (AvgIpc) is 3.77. The molecule has 10 nitrogen and oxygen atoms in total. The molecule has 3 aromatic carbocycles. The molecule has 278 valence electrons. The third-order valence-electron chi connectivity index (χ3n) is 12.5. The van der Waals surface area contributed by atoms with Gasteiger partial charge in [0.1, 0.15) is 17.9 Å². The third kappa shape index (κ3) is 6.65. The molecule has 4 fully saturated rings. The van der Waals surface area contributed by atoms with Crippen LogP contribution in [0.1, 0.15) is 68.9 Å². The summed E-state index contributed by atoms with van der Waals surface area (Å²) in [6.07, 6.45) is 2.41. The van der Waals surface area contributed by atoms with Crippen LogP contribution < -0.4 is 24.8 Å². The first kappa shape index (κ1) is 36.2. The minimum Gasteiger partial charge on any atom is -0.496 e. The number of carbonyl (C=O) groups excluding carboxylic acids is 2. The van der Waals surface area contributed by atoms with Gasteiger partial charge in [0.05, 0.1) is 25.8 Å². The molecule has 0 aromatic heterocycles. The van der Waals surface area contributed by atoms with E-state index >= 15 is 0 Å². The van der Waals surface area contributed by atoms with Crippen LogP contribution in [0, 0.1) is 35.0 Å². The molecular weight excluding hydrogens is 658 g/mol. The van der Waals surface area contributed by atoms with Crippen molar-refractivity contribution >= 4 is 11.8 Å². The van der Waals surface area contributed by atoms with E-state index in [4.69, 9.17) is 19.0 Å². The van der Waals surface area contributed by atoms with Gasteiger partial charge in [-0.05, 0) is 71.6 Å². The molecule has 3 aliphatic carbocycles. The van der Waals surface area contributed by atoms with Gasteiger partial charge < -0.3 is 30.0 Å². The molecule has 0 radical (unpaired) electrons. The Morgan fingerprint density at radius 1 is 1.06 bits per heavy atom. The number of nitrogens with zero attached hydrogens (tertiary/aromatic N) is 1. The number of aliphatic hydroxyl groups excluding tert-OH is 1. The minimum atomic E-state index is -0.597. The maximum Gasteiger partial charge on any atom is 0.255 e. The highest BCUT2D eigenvalue weighted by molar-refractivity contribution is 5.99. The molecule has 8 rings (SSSR count). The molecule has 0 unspecified atom stereocenters. The highest BCUT2D eigenvalue weighted by atomic mass is 16.7. The first-order valence-electron chi connectivity index (χ1n) is 18.8. The van der Waals surface area contributed by atoms with Crippen LogP contribution in [0.25, 0.3) is 11.1 Å². The number of aliphatic hydroxyl groups is 1. The zero-order chi connectivity index (χ0) is 36.7. The van der Waals surface area contributed by atoms with Gasteiger partial charge in [-0.25, -0.2) is 0 Å². The van der Waals surface area contributed by atoms with E-state index in [-0.39, 0.29) is 49.6 Å². The van der Waals surface area contributed by atoms with E-state index in [1.165, 1.54) is 6.42 Å². The number of hydroxylamine groups is 2. The molecule has 52 heavy (non-hydrogen) atoms.